The maximum atomic E-state index is 4.53. The molecule has 2 aromatic heterocycles. The fourth-order valence-corrected chi connectivity index (χ4v) is 2.30. The summed E-state index contributed by atoms with van der Waals surface area (Å²) >= 11 is 2.26. The van der Waals surface area contributed by atoms with Crippen molar-refractivity contribution in [1.82, 2.24) is 14.8 Å². The Bertz CT molecular complexity index is 688. The van der Waals surface area contributed by atoms with E-state index in [0.29, 0.717) is 0 Å². The lowest BCUT2D eigenvalue weighted by Crippen LogP contribution is -1.98. The number of pyridine rings is 1. The topological polar surface area (TPSA) is 30.7 Å². The second-order valence-electron chi connectivity index (χ2n) is 3.90. The number of hydrogen-bond acceptors (Lipinski definition) is 2. The van der Waals surface area contributed by atoms with Gasteiger partial charge in [0.25, 0.3) is 0 Å². The van der Waals surface area contributed by atoms with Crippen LogP contribution in [0.5, 0.6) is 0 Å². The molecule has 0 aliphatic heterocycles. The highest BCUT2D eigenvalue weighted by molar-refractivity contribution is 14.1. The van der Waals surface area contributed by atoms with Crippen LogP contribution >= 0.6 is 22.6 Å². The van der Waals surface area contributed by atoms with Gasteiger partial charge in [-0.1, -0.05) is 18.2 Å². The molecule has 0 aliphatic carbocycles. The van der Waals surface area contributed by atoms with Crippen molar-refractivity contribution < 1.29 is 0 Å². The average Bonchev–Trinajstić information content (AvgIpc) is 2.74. The Kier molecular flexibility index (Phi) is 2.58. The van der Waals surface area contributed by atoms with Crippen molar-refractivity contribution >= 4 is 33.5 Å². The predicted molar refractivity (Wildman–Crippen MR) is 76.3 cm³/mol. The van der Waals surface area contributed by atoms with Gasteiger partial charge in [0.05, 0.1) is 21.0 Å². The zero-order valence-electron chi connectivity index (χ0n) is 9.26. The maximum Gasteiger partial charge on any atom is 0.0758 e. The zero-order chi connectivity index (χ0) is 11.8. The van der Waals surface area contributed by atoms with E-state index in [2.05, 4.69) is 44.8 Å². The third-order valence-corrected chi connectivity index (χ3v) is 3.18. The largest absolute Gasteiger partial charge is 0.253 e. The van der Waals surface area contributed by atoms with Crippen molar-refractivity contribution in [3.63, 3.8) is 0 Å². The van der Waals surface area contributed by atoms with E-state index in [0.717, 1.165) is 25.9 Å². The van der Waals surface area contributed by atoms with Crippen LogP contribution in [0.15, 0.2) is 42.7 Å². The van der Waals surface area contributed by atoms with Gasteiger partial charge in [-0.2, -0.15) is 5.10 Å². The minimum atomic E-state index is 1.00. The van der Waals surface area contributed by atoms with E-state index >= 15 is 0 Å². The number of benzene rings is 1. The van der Waals surface area contributed by atoms with Crippen molar-refractivity contribution in [3.8, 4) is 5.69 Å². The number of fused-ring (bicyclic) bond motifs is 1. The van der Waals surface area contributed by atoms with Gasteiger partial charge in [-0.25, -0.2) is 4.68 Å². The predicted octanol–water partition coefficient (Wildman–Crippen LogP) is 3.33. The molecule has 0 fully saturated rings. The summed E-state index contributed by atoms with van der Waals surface area (Å²) in [6.45, 7) is 2.00. The van der Waals surface area contributed by atoms with Crippen LogP contribution in [0.1, 0.15) is 5.69 Å². The van der Waals surface area contributed by atoms with Crippen molar-refractivity contribution in [2.75, 3.05) is 0 Å². The Morgan fingerprint density at radius 2 is 2.06 bits per heavy atom. The summed E-state index contributed by atoms with van der Waals surface area (Å²) in [4.78, 5) is 4.53. The number of aryl methyl sites for hydroxylation is 1. The molecule has 3 rings (SSSR count). The Morgan fingerprint density at radius 3 is 2.82 bits per heavy atom. The van der Waals surface area contributed by atoms with E-state index in [4.69, 9.17) is 0 Å². The number of para-hydroxylation sites is 1. The molecule has 2 heterocycles. The van der Waals surface area contributed by atoms with Gasteiger partial charge >= 0.3 is 0 Å². The summed E-state index contributed by atoms with van der Waals surface area (Å²) in [5.41, 5.74) is 3.09. The smallest absolute Gasteiger partial charge is 0.0758 e. The normalized spacial score (nSPS) is 10.9. The molecule has 4 heteroatoms. The lowest BCUT2D eigenvalue weighted by atomic mass is 10.1. The van der Waals surface area contributed by atoms with Gasteiger partial charge in [0.15, 0.2) is 0 Å². The van der Waals surface area contributed by atoms with Gasteiger partial charge in [-0.3, -0.25) is 4.98 Å². The quantitative estimate of drug-likeness (QED) is 0.639. The number of hydrogen-bond donors (Lipinski definition) is 0. The fourth-order valence-electron chi connectivity index (χ4n) is 1.91. The van der Waals surface area contributed by atoms with E-state index < -0.39 is 0 Å². The molecule has 17 heavy (non-hydrogen) atoms. The van der Waals surface area contributed by atoms with Crippen LogP contribution in [0.2, 0.25) is 0 Å². The molecule has 0 saturated carbocycles. The Hall–Kier alpha value is -1.43. The van der Waals surface area contributed by atoms with Crippen LogP contribution in [-0.2, 0) is 0 Å². The Morgan fingerprint density at radius 1 is 1.24 bits per heavy atom. The van der Waals surface area contributed by atoms with Gasteiger partial charge in [0, 0.05) is 17.3 Å². The molecule has 0 saturated heterocycles. The monoisotopic (exact) mass is 335 g/mol. The van der Waals surface area contributed by atoms with Crippen LogP contribution in [0, 0.1) is 10.5 Å². The molecule has 1 aromatic carbocycles. The second kappa shape index (κ2) is 4.10. The summed E-state index contributed by atoms with van der Waals surface area (Å²) in [6.07, 6.45) is 3.87. The van der Waals surface area contributed by atoms with Gasteiger partial charge < -0.3 is 0 Å². The maximum absolute atomic E-state index is 4.53. The molecule has 3 aromatic rings. The van der Waals surface area contributed by atoms with Gasteiger partial charge in [-0.15, -0.1) is 0 Å². The standard InChI is InChI=1S/C13H10IN3/c1-9-6-13(17-8-10(14)7-15-17)11-4-2-3-5-12(11)16-9/h2-8H,1H3. The molecule has 84 valence electrons. The summed E-state index contributed by atoms with van der Waals surface area (Å²) < 4.78 is 3.03. The number of halogens is 1. The molecule has 3 nitrogen and oxygen atoms in total. The zero-order valence-corrected chi connectivity index (χ0v) is 11.4. The van der Waals surface area contributed by atoms with E-state index in [-0.39, 0.29) is 0 Å². The summed E-state index contributed by atoms with van der Waals surface area (Å²) in [6, 6.07) is 10.2. The first-order valence-electron chi connectivity index (χ1n) is 5.31. The molecular formula is C13H10IN3. The fraction of sp³-hybridized carbons (Fsp3) is 0.0769. The number of rotatable bonds is 1. The first kappa shape index (κ1) is 10.7. The third-order valence-electron chi connectivity index (χ3n) is 2.62. The lowest BCUT2D eigenvalue weighted by molar-refractivity contribution is 0.884. The van der Waals surface area contributed by atoms with Gasteiger partial charge in [0.2, 0.25) is 0 Å². The van der Waals surface area contributed by atoms with E-state index in [9.17, 15) is 0 Å². The van der Waals surface area contributed by atoms with E-state index in [1.54, 1.807) is 0 Å². The first-order chi connectivity index (χ1) is 8.24. The summed E-state index contributed by atoms with van der Waals surface area (Å²) in [7, 11) is 0. The SMILES string of the molecule is Cc1cc(-n2cc(I)cn2)c2ccccc2n1. The molecule has 0 radical (unpaired) electrons. The van der Waals surface area contributed by atoms with Crippen LogP contribution < -0.4 is 0 Å². The number of nitrogens with zero attached hydrogens (tertiary/aromatic N) is 3. The highest BCUT2D eigenvalue weighted by Gasteiger charge is 2.06. The minimum absolute atomic E-state index is 1.00. The highest BCUT2D eigenvalue weighted by Crippen LogP contribution is 2.21. The van der Waals surface area contributed by atoms with E-state index in [1.165, 1.54) is 0 Å². The van der Waals surface area contributed by atoms with Crippen molar-refractivity contribution in [2.45, 2.75) is 6.92 Å². The summed E-state index contributed by atoms with van der Waals surface area (Å²) in [5, 5.41) is 5.48. The van der Waals surface area contributed by atoms with Crippen molar-refractivity contribution in [2.24, 2.45) is 0 Å². The number of aromatic nitrogens is 3. The van der Waals surface area contributed by atoms with Crippen LogP contribution in [0.4, 0.5) is 0 Å². The first-order valence-corrected chi connectivity index (χ1v) is 6.39. The van der Waals surface area contributed by atoms with Crippen LogP contribution in [0.3, 0.4) is 0 Å². The van der Waals surface area contributed by atoms with Crippen LogP contribution in [0.25, 0.3) is 16.6 Å². The van der Waals surface area contributed by atoms with Crippen molar-refractivity contribution in [3.05, 3.63) is 52.0 Å². The molecule has 0 spiro atoms. The highest BCUT2D eigenvalue weighted by atomic mass is 127. The Labute approximate surface area is 113 Å². The summed E-state index contributed by atoms with van der Waals surface area (Å²) in [5.74, 6) is 0. The molecule has 0 N–H and O–H groups in total. The Balaban J connectivity index is 2.35. The molecular weight excluding hydrogens is 325 g/mol. The molecule has 0 atom stereocenters. The molecule has 0 unspecified atom stereocenters. The van der Waals surface area contributed by atoms with Crippen molar-refractivity contribution in [1.29, 1.82) is 0 Å². The van der Waals surface area contributed by atoms with Gasteiger partial charge in [0.1, 0.15) is 0 Å². The van der Waals surface area contributed by atoms with Gasteiger partial charge in [-0.05, 0) is 41.6 Å². The lowest BCUT2D eigenvalue weighted by Gasteiger charge is -2.07. The van der Waals surface area contributed by atoms with Crippen LogP contribution in [-0.4, -0.2) is 14.8 Å². The minimum Gasteiger partial charge on any atom is -0.253 e. The third kappa shape index (κ3) is 1.93. The molecule has 0 bridgehead atoms. The average molecular weight is 335 g/mol. The molecule has 0 amide bonds. The molecule has 0 aliphatic rings. The van der Waals surface area contributed by atoms with E-state index in [1.807, 2.05) is 42.2 Å². The second-order valence-corrected chi connectivity index (χ2v) is 5.15.